The van der Waals surface area contributed by atoms with Gasteiger partial charge in [-0.05, 0) is 39.6 Å². The van der Waals surface area contributed by atoms with E-state index in [9.17, 15) is 4.79 Å². The first kappa shape index (κ1) is 16.9. The van der Waals surface area contributed by atoms with Crippen LogP contribution in [0.5, 0.6) is 0 Å². The maximum atomic E-state index is 12.6. The molecule has 22 heavy (non-hydrogen) atoms. The largest absolute Gasteiger partial charge is 0.339 e. The minimum absolute atomic E-state index is 0.000219. The molecule has 0 unspecified atom stereocenters. The molecule has 0 N–H and O–H groups in total. The highest BCUT2D eigenvalue weighted by atomic mass is 16.2. The van der Waals surface area contributed by atoms with Crippen LogP contribution < -0.4 is 0 Å². The number of likely N-dealkylation sites (N-methyl/N-ethyl adjacent to an activating group) is 1. The van der Waals surface area contributed by atoms with E-state index in [1.165, 1.54) is 0 Å². The Hall–Kier alpha value is -1.46. The van der Waals surface area contributed by atoms with Gasteiger partial charge in [0.1, 0.15) is 0 Å². The third kappa shape index (κ3) is 3.84. The Labute approximate surface area is 133 Å². The molecular weight excluding hydrogens is 276 g/mol. The molecule has 1 aromatic heterocycles. The summed E-state index contributed by atoms with van der Waals surface area (Å²) in [5, 5.41) is 0. The zero-order chi connectivity index (χ0) is 16.1. The van der Waals surface area contributed by atoms with Gasteiger partial charge in [-0.1, -0.05) is 13.0 Å². The second-order valence-electron chi connectivity index (χ2n) is 6.18. The molecule has 1 amide bonds. The predicted molar refractivity (Wildman–Crippen MR) is 88.6 cm³/mol. The molecule has 5 heteroatoms. The molecule has 2 rings (SSSR count). The van der Waals surface area contributed by atoms with Crippen molar-refractivity contribution >= 4 is 5.91 Å². The van der Waals surface area contributed by atoms with Gasteiger partial charge in [0.25, 0.3) is 0 Å². The Morgan fingerprint density at radius 2 is 1.95 bits per heavy atom. The lowest BCUT2D eigenvalue weighted by atomic mass is 10.1. The van der Waals surface area contributed by atoms with Gasteiger partial charge in [0.15, 0.2) is 0 Å². The summed E-state index contributed by atoms with van der Waals surface area (Å²) in [6, 6.07) is 6.34. The molecule has 2 heterocycles. The molecule has 0 saturated carbocycles. The summed E-state index contributed by atoms with van der Waals surface area (Å²) in [5.41, 5.74) is 1.10. The van der Waals surface area contributed by atoms with E-state index in [1.807, 2.05) is 42.2 Å². The molecule has 0 bridgehead atoms. The van der Waals surface area contributed by atoms with E-state index in [-0.39, 0.29) is 11.9 Å². The van der Waals surface area contributed by atoms with Crippen molar-refractivity contribution in [3.05, 3.63) is 30.1 Å². The van der Waals surface area contributed by atoms with E-state index in [0.29, 0.717) is 6.04 Å². The Kier molecular flexibility index (Phi) is 5.91. The highest BCUT2D eigenvalue weighted by molar-refractivity contribution is 5.81. The molecule has 1 saturated heterocycles. The van der Waals surface area contributed by atoms with Crippen molar-refractivity contribution in [3.63, 3.8) is 0 Å². The van der Waals surface area contributed by atoms with Crippen LogP contribution in [-0.2, 0) is 4.79 Å². The first-order chi connectivity index (χ1) is 10.5. The minimum Gasteiger partial charge on any atom is -0.339 e. The van der Waals surface area contributed by atoms with Crippen LogP contribution in [0.1, 0.15) is 32.0 Å². The van der Waals surface area contributed by atoms with Gasteiger partial charge in [0, 0.05) is 38.4 Å². The molecule has 5 nitrogen and oxygen atoms in total. The Balaban J connectivity index is 1.91. The SMILES string of the molecule is CC[C@@H](C(=O)N1CCN([C@H](C)c2ccccn2)CC1)N(C)C. The molecule has 2 atom stereocenters. The third-order valence-electron chi connectivity index (χ3n) is 4.58. The standard InChI is InChI=1S/C17H28N4O/c1-5-16(19(3)4)17(22)21-12-10-20(11-13-21)14(2)15-8-6-7-9-18-15/h6-9,14,16H,5,10-13H2,1-4H3/t14-,16+/m1/s1. The molecular formula is C17H28N4O. The lowest BCUT2D eigenvalue weighted by Crippen LogP contribution is -2.54. The van der Waals surface area contributed by atoms with Crippen molar-refractivity contribution < 1.29 is 4.79 Å². The van der Waals surface area contributed by atoms with Crippen LogP contribution in [0.25, 0.3) is 0 Å². The van der Waals surface area contributed by atoms with Crippen LogP contribution in [0.2, 0.25) is 0 Å². The molecule has 1 aliphatic heterocycles. The summed E-state index contributed by atoms with van der Waals surface area (Å²) in [4.78, 5) is 23.4. The van der Waals surface area contributed by atoms with Crippen molar-refractivity contribution in [3.8, 4) is 0 Å². The van der Waals surface area contributed by atoms with Gasteiger partial charge in [-0.3, -0.25) is 19.6 Å². The molecule has 1 aromatic rings. The fourth-order valence-corrected chi connectivity index (χ4v) is 3.11. The van der Waals surface area contributed by atoms with Crippen LogP contribution in [0.15, 0.2) is 24.4 Å². The topological polar surface area (TPSA) is 39.7 Å². The number of nitrogens with zero attached hydrogens (tertiary/aromatic N) is 4. The van der Waals surface area contributed by atoms with Gasteiger partial charge in [-0.2, -0.15) is 0 Å². The zero-order valence-corrected chi connectivity index (χ0v) is 14.2. The summed E-state index contributed by atoms with van der Waals surface area (Å²) in [6.45, 7) is 7.69. The summed E-state index contributed by atoms with van der Waals surface area (Å²) >= 11 is 0. The minimum atomic E-state index is -0.000219. The van der Waals surface area contributed by atoms with E-state index in [2.05, 4.69) is 29.8 Å². The number of carbonyl (C=O) groups is 1. The molecule has 122 valence electrons. The Morgan fingerprint density at radius 1 is 1.27 bits per heavy atom. The van der Waals surface area contributed by atoms with Crippen LogP contribution in [-0.4, -0.2) is 71.9 Å². The number of aromatic nitrogens is 1. The molecule has 0 aliphatic carbocycles. The fourth-order valence-electron chi connectivity index (χ4n) is 3.11. The van der Waals surface area contributed by atoms with E-state index in [1.54, 1.807) is 0 Å². The number of piperazine rings is 1. The quantitative estimate of drug-likeness (QED) is 0.829. The maximum absolute atomic E-state index is 12.6. The van der Waals surface area contributed by atoms with Crippen molar-refractivity contribution in [2.45, 2.75) is 32.4 Å². The van der Waals surface area contributed by atoms with Gasteiger partial charge >= 0.3 is 0 Å². The second kappa shape index (κ2) is 7.70. The van der Waals surface area contributed by atoms with E-state index >= 15 is 0 Å². The fraction of sp³-hybridized carbons (Fsp3) is 0.647. The number of pyridine rings is 1. The normalized spacial score (nSPS) is 19.2. The summed E-state index contributed by atoms with van der Waals surface area (Å²) in [7, 11) is 3.96. The van der Waals surface area contributed by atoms with Crippen LogP contribution in [0.3, 0.4) is 0 Å². The van der Waals surface area contributed by atoms with E-state index < -0.39 is 0 Å². The average molecular weight is 304 g/mol. The monoisotopic (exact) mass is 304 g/mol. The van der Waals surface area contributed by atoms with Gasteiger partial charge in [-0.25, -0.2) is 0 Å². The van der Waals surface area contributed by atoms with Crippen molar-refractivity contribution in [1.29, 1.82) is 0 Å². The number of carbonyl (C=O) groups excluding carboxylic acids is 1. The van der Waals surface area contributed by atoms with Crippen LogP contribution in [0.4, 0.5) is 0 Å². The van der Waals surface area contributed by atoms with Crippen molar-refractivity contribution in [2.75, 3.05) is 40.3 Å². The summed E-state index contributed by atoms with van der Waals surface area (Å²) in [5.74, 6) is 0.262. The zero-order valence-electron chi connectivity index (χ0n) is 14.2. The lowest BCUT2D eigenvalue weighted by Gasteiger charge is -2.39. The summed E-state index contributed by atoms with van der Waals surface area (Å²) in [6.07, 6.45) is 2.70. The van der Waals surface area contributed by atoms with Gasteiger partial charge in [0.2, 0.25) is 5.91 Å². The third-order valence-corrected chi connectivity index (χ3v) is 4.58. The lowest BCUT2D eigenvalue weighted by molar-refractivity contribution is -0.138. The number of hydrogen-bond donors (Lipinski definition) is 0. The first-order valence-electron chi connectivity index (χ1n) is 8.14. The molecule has 1 aliphatic rings. The number of rotatable bonds is 5. The highest BCUT2D eigenvalue weighted by Crippen LogP contribution is 2.20. The van der Waals surface area contributed by atoms with Gasteiger partial charge < -0.3 is 4.90 Å². The number of amides is 1. The smallest absolute Gasteiger partial charge is 0.239 e. The Morgan fingerprint density at radius 3 is 2.45 bits per heavy atom. The average Bonchev–Trinajstić information content (AvgIpc) is 2.55. The second-order valence-corrected chi connectivity index (χ2v) is 6.18. The van der Waals surface area contributed by atoms with E-state index in [0.717, 1.165) is 38.3 Å². The van der Waals surface area contributed by atoms with Crippen molar-refractivity contribution in [1.82, 2.24) is 19.7 Å². The van der Waals surface area contributed by atoms with Crippen LogP contribution in [0, 0.1) is 0 Å². The first-order valence-corrected chi connectivity index (χ1v) is 8.14. The molecule has 1 fully saturated rings. The van der Waals surface area contributed by atoms with Gasteiger partial charge in [-0.15, -0.1) is 0 Å². The summed E-state index contributed by atoms with van der Waals surface area (Å²) < 4.78 is 0. The van der Waals surface area contributed by atoms with Gasteiger partial charge in [0.05, 0.1) is 11.7 Å². The predicted octanol–water partition coefficient (Wildman–Crippen LogP) is 1.63. The van der Waals surface area contributed by atoms with Crippen LogP contribution >= 0.6 is 0 Å². The number of hydrogen-bond acceptors (Lipinski definition) is 4. The molecule has 0 aromatic carbocycles. The molecule has 0 spiro atoms. The van der Waals surface area contributed by atoms with E-state index in [4.69, 9.17) is 0 Å². The molecule has 0 radical (unpaired) electrons. The highest BCUT2D eigenvalue weighted by Gasteiger charge is 2.29. The van der Waals surface area contributed by atoms with Crippen molar-refractivity contribution in [2.24, 2.45) is 0 Å². The Bertz CT molecular complexity index is 469. The maximum Gasteiger partial charge on any atom is 0.239 e.